The van der Waals surface area contributed by atoms with E-state index in [1.165, 1.54) is 6.07 Å². The van der Waals surface area contributed by atoms with Gasteiger partial charge >= 0.3 is 0 Å². The summed E-state index contributed by atoms with van der Waals surface area (Å²) in [7, 11) is 0. The summed E-state index contributed by atoms with van der Waals surface area (Å²) in [4.78, 5) is 16.1. The summed E-state index contributed by atoms with van der Waals surface area (Å²) in [5.74, 6) is -0.402. The molecule has 0 unspecified atom stereocenters. The van der Waals surface area contributed by atoms with Gasteiger partial charge in [0.1, 0.15) is 5.82 Å². The molecule has 1 aliphatic rings. The minimum Gasteiger partial charge on any atom is -0.367 e. The lowest BCUT2D eigenvalue weighted by atomic mass is 10.1. The molecule has 0 radical (unpaired) electrons. The number of anilines is 1. The predicted molar refractivity (Wildman–Crippen MR) is 83.4 cm³/mol. The van der Waals surface area contributed by atoms with Crippen molar-refractivity contribution in [1.82, 2.24) is 10.2 Å². The number of nitrogens with one attached hydrogen (secondary N) is 1. The van der Waals surface area contributed by atoms with E-state index >= 15 is 0 Å². The molecule has 1 N–H and O–H groups in total. The Kier molecular flexibility index (Phi) is 5.56. The normalized spacial score (nSPS) is 15.1. The Bertz CT molecular complexity index is 486. The molecule has 116 valence electrons. The van der Waals surface area contributed by atoms with Crippen LogP contribution in [0.3, 0.4) is 0 Å². The smallest absolute Gasteiger partial charge is 0.253 e. The van der Waals surface area contributed by atoms with Gasteiger partial charge in [-0.15, -0.1) is 0 Å². The lowest BCUT2D eigenvalue weighted by Crippen LogP contribution is -2.43. The maximum atomic E-state index is 14.3. The van der Waals surface area contributed by atoms with E-state index < -0.39 is 0 Å². The maximum Gasteiger partial charge on any atom is 0.253 e. The number of piperazine rings is 1. The molecule has 0 bridgehead atoms. The molecule has 0 spiro atoms. The Morgan fingerprint density at radius 2 is 2.05 bits per heavy atom. The van der Waals surface area contributed by atoms with Crippen molar-refractivity contribution in [2.45, 2.75) is 20.3 Å². The third-order valence-corrected chi connectivity index (χ3v) is 3.81. The van der Waals surface area contributed by atoms with E-state index in [1.54, 1.807) is 17.0 Å². The van der Waals surface area contributed by atoms with E-state index in [2.05, 4.69) is 5.32 Å². The zero-order valence-electron chi connectivity index (χ0n) is 12.9. The highest BCUT2D eigenvalue weighted by Crippen LogP contribution is 2.21. The first-order chi connectivity index (χ1) is 10.2. The fraction of sp³-hybridized carbons (Fsp3) is 0.562. The maximum absolute atomic E-state index is 14.3. The summed E-state index contributed by atoms with van der Waals surface area (Å²) in [6.07, 6.45) is 0.904. The Hall–Kier alpha value is -1.62. The predicted octanol–water partition coefficient (Wildman–Crippen LogP) is 2.11. The summed E-state index contributed by atoms with van der Waals surface area (Å²) in [6, 6.07) is 4.84. The van der Waals surface area contributed by atoms with Crippen molar-refractivity contribution in [3.63, 3.8) is 0 Å². The van der Waals surface area contributed by atoms with E-state index in [0.717, 1.165) is 32.6 Å². The number of nitrogens with zero attached hydrogens (tertiary/aromatic N) is 2. The van der Waals surface area contributed by atoms with E-state index in [4.69, 9.17) is 0 Å². The quantitative estimate of drug-likeness (QED) is 0.903. The first-order valence-corrected chi connectivity index (χ1v) is 7.71. The van der Waals surface area contributed by atoms with Crippen LogP contribution in [0, 0.1) is 5.82 Å². The largest absolute Gasteiger partial charge is 0.367 e. The number of rotatable bonds is 5. The van der Waals surface area contributed by atoms with Gasteiger partial charge in [-0.1, -0.05) is 6.92 Å². The third kappa shape index (κ3) is 3.73. The fourth-order valence-electron chi connectivity index (χ4n) is 2.66. The summed E-state index contributed by atoms with van der Waals surface area (Å²) < 4.78 is 14.3. The van der Waals surface area contributed by atoms with Gasteiger partial charge in [-0.25, -0.2) is 4.39 Å². The SMILES string of the molecule is CCCN(CC)C(=O)c1ccc(N2CCNCC2)c(F)c1. The second-order valence-corrected chi connectivity index (χ2v) is 5.29. The van der Waals surface area contributed by atoms with Crippen LogP contribution < -0.4 is 10.2 Å². The van der Waals surface area contributed by atoms with Gasteiger partial charge in [0.2, 0.25) is 0 Å². The van der Waals surface area contributed by atoms with Gasteiger partial charge in [0.25, 0.3) is 5.91 Å². The average Bonchev–Trinajstić information content (AvgIpc) is 2.52. The molecule has 5 heteroatoms. The van der Waals surface area contributed by atoms with Crippen LogP contribution >= 0.6 is 0 Å². The summed E-state index contributed by atoms with van der Waals surface area (Å²) >= 11 is 0. The van der Waals surface area contributed by atoms with Crippen LogP contribution in [0.5, 0.6) is 0 Å². The molecule has 1 aromatic carbocycles. The van der Waals surface area contributed by atoms with Crippen molar-refractivity contribution in [1.29, 1.82) is 0 Å². The molecule has 4 nitrogen and oxygen atoms in total. The molecule has 1 heterocycles. The topological polar surface area (TPSA) is 35.6 Å². The number of hydrogen-bond donors (Lipinski definition) is 1. The van der Waals surface area contributed by atoms with E-state index in [-0.39, 0.29) is 11.7 Å². The Balaban J connectivity index is 2.16. The van der Waals surface area contributed by atoms with Gasteiger partial charge in [0.05, 0.1) is 5.69 Å². The van der Waals surface area contributed by atoms with Gasteiger partial charge < -0.3 is 15.1 Å². The molecular weight excluding hydrogens is 269 g/mol. The highest BCUT2D eigenvalue weighted by molar-refractivity contribution is 5.94. The van der Waals surface area contributed by atoms with E-state index in [1.807, 2.05) is 18.7 Å². The lowest BCUT2D eigenvalue weighted by molar-refractivity contribution is 0.0764. The van der Waals surface area contributed by atoms with Crippen molar-refractivity contribution in [2.24, 2.45) is 0 Å². The van der Waals surface area contributed by atoms with Crippen molar-refractivity contribution in [3.05, 3.63) is 29.6 Å². The average molecular weight is 293 g/mol. The van der Waals surface area contributed by atoms with Crippen molar-refractivity contribution >= 4 is 11.6 Å². The minimum absolute atomic E-state index is 0.0925. The summed E-state index contributed by atoms with van der Waals surface area (Å²) in [5, 5.41) is 3.25. The van der Waals surface area contributed by atoms with Gasteiger partial charge in [0.15, 0.2) is 0 Å². The van der Waals surface area contributed by atoms with Crippen LogP contribution in [-0.4, -0.2) is 50.1 Å². The molecule has 0 aromatic heterocycles. The zero-order chi connectivity index (χ0) is 15.2. The first kappa shape index (κ1) is 15.8. The molecule has 1 aromatic rings. The second kappa shape index (κ2) is 7.41. The van der Waals surface area contributed by atoms with Crippen LogP contribution in [0.2, 0.25) is 0 Å². The third-order valence-electron chi connectivity index (χ3n) is 3.81. The minimum atomic E-state index is -0.310. The number of amides is 1. The van der Waals surface area contributed by atoms with Crippen molar-refractivity contribution in [2.75, 3.05) is 44.2 Å². The molecule has 0 atom stereocenters. The molecule has 1 fully saturated rings. The Morgan fingerprint density at radius 3 is 2.62 bits per heavy atom. The van der Waals surface area contributed by atoms with E-state index in [9.17, 15) is 9.18 Å². The summed E-state index contributed by atoms with van der Waals surface area (Å²) in [5.41, 5.74) is 1.02. The molecule has 1 saturated heterocycles. The number of halogens is 1. The molecule has 1 aliphatic heterocycles. The second-order valence-electron chi connectivity index (χ2n) is 5.29. The number of benzene rings is 1. The van der Waals surface area contributed by atoms with Gasteiger partial charge in [-0.2, -0.15) is 0 Å². The van der Waals surface area contributed by atoms with Gasteiger partial charge in [-0.3, -0.25) is 4.79 Å². The lowest BCUT2D eigenvalue weighted by Gasteiger charge is -2.30. The Labute approximate surface area is 125 Å². The fourth-order valence-corrected chi connectivity index (χ4v) is 2.66. The van der Waals surface area contributed by atoms with Crippen LogP contribution in [0.15, 0.2) is 18.2 Å². The van der Waals surface area contributed by atoms with E-state index in [0.29, 0.717) is 24.3 Å². The molecule has 1 amide bonds. The van der Waals surface area contributed by atoms with Crippen molar-refractivity contribution < 1.29 is 9.18 Å². The zero-order valence-corrected chi connectivity index (χ0v) is 12.9. The molecule has 0 aliphatic carbocycles. The van der Waals surface area contributed by atoms with Gasteiger partial charge in [0, 0.05) is 44.8 Å². The molecule has 2 rings (SSSR count). The standard InChI is InChI=1S/C16H24FN3O/c1-3-9-19(4-2)16(21)13-5-6-15(14(17)12-13)20-10-7-18-8-11-20/h5-6,12,18H,3-4,7-11H2,1-2H3. The van der Waals surface area contributed by atoms with Crippen LogP contribution in [0.25, 0.3) is 0 Å². The molecule has 21 heavy (non-hydrogen) atoms. The van der Waals surface area contributed by atoms with Crippen LogP contribution in [0.1, 0.15) is 30.6 Å². The number of hydrogen-bond acceptors (Lipinski definition) is 3. The molecular formula is C16H24FN3O. The number of carbonyl (C=O) groups is 1. The monoisotopic (exact) mass is 293 g/mol. The van der Waals surface area contributed by atoms with Gasteiger partial charge in [-0.05, 0) is 31.5 Å². The Morgan fingerprint density at radius 1 is 1.33 bits per heavy atom. The first-order valence-electron chi connectivity index (χ1n) is 7.71. The summed E-state index contributed by atoms with van der Waals surface area (Å²) in [6.45, 7) is 8.64. The number of carbonyl (C=O) groups excluding carboxylic acids is 1. The highest BCUT2D eigenvalue weighted by Gasteiger charge is 2.18. The van der Waals surface area contributed by atoms with Crippen molar-refractivity contribution in [3.8, 4) is 0 Å². The van der Waals surface area contributed by atoms with Crippen LogP contribution in [-0.2, 0) is 0 Å². The highest BCUT2D eigenvalue weighted by atomic mass is 19.1. The van der Waals surface area contributed by atoms with Crippen LogP contribution in [0.4, 0.5) is 10.1 Å². The molecule has 0 saturated carbocycles.